The van der Waals surface area contributed by atoms with Crippen molar-refractivity contribution in [2.24, 2.45) is 0 Å². The highest BCUT2D eigenvalue weighted by Gasteiger charge is 2.28. The maximum absolute atomic E-state index is 12.0. The lowest BCUT2D eigenvalue weighted by molar-refractivity contribution is -0.145. The van der Waals surface area contributed by atoms with E-state index < -0.39 is 30.4 Å². The lowest BCUT2D eigenvalue weighted by atomic mass is 10.1. The minimum atomic E-state index is -1.41. The first-order valence-corrected chi connectivity index (χ1v) is 6.47. The van der Waals surface area contributed by atoms with Crippen LogP contribution in [0, 0.1) is 0 Å². The summed E-state index contributed by atoms with van der Waals surface area (Å²) in [5.74, 6) is -2.62. The average Bonchev–Trinajstić information content (AvgIpc) is 2.36. The highest BCUT2D eigenvalue weighted by Crippen LogP contribution is 2.13. The van der Waals surface area contributed by atoms with Crippen molar-refractivity contribution < 1.29 is 24.6 Å². The van der Waals surface area contributed by atoms with Gasteiger partial charge in [-0.15, -0.1) is 0 Å². The SMILES string of the molecule is CN1CCCC(N(C)C(=O)N[C@H](CC(=O)O)C(=O)O)C1. The van der Waals surface area contributed by atoms with E-state index in [1.165, 1.54) is 4.90 Å². The molecule has 0 aromatic heterocycles. The maximum atomic E-state index is 12.0. The number of aliphatic carboxylic acids is 2. The molecule has 2 amide bonds. The molecule has 1 unspecified atom stereocenters. The van der Waals surface area contributed by atoms with Gasteiger partial charge in [0.05, 0.1) is 6.42 Å². The fraction of sp³-hybridized carbons (Fsp3) is 0.750. The molecule has 0 saturated carbocycles. The van der Waals surface area contributed by atoms with Gasteiger partial charge in [-0.3, -0.25) is 4.79 Å². The van der Waals surface area contributed by atoms with Crippen molar-refractivity contribution in [3.05, 3.63) is 0 Å². The van der Waals surface area contributed by atoms with Crippen LogP contribution in [0.4, 0.5) is 4.79 Å². The van der Waals surface area contributed by atoms with Crippen molar-refractivity contribution in [3.63, 3.8) is 0 Å². The van der Waals surface area contributed by atoms with Crippen LogP contribution < -0.4 is 5.32 Å². The summed E-state index contributed by atoms with van der Waals surface area (Å²) in [7, 11) is 3.56. The number of hydrogen-bond donors (Lipinski definition) is 3. The average molecular weight is 287 g/mol. The molecule has 0 radical (unpaired) electrons. The van der Waals surface area contributed by atoms with Crippen LogP contribution in [0.1, 0.15) is 19.3 Å². The largest absolute Gasteiger partial charge is 0.481 e. The number of likely N-dealkylation sites (tertiary alicyclic amines) is 1. The number of carbonyl (C=O) groups excluding carboxylic acids is 1. The molecular weight excluding hydrogens is 266 g/mol. The molecule has 0 spiro atoms. The van der Waals surface area contributed by atoms with Gasteiger partial charge >= 0.3 is 18.0 Å². The monoisotopic (exact) mass is 287 g/mol. The summed E-state index contributed by atoms with van der Waals surface area (Å²) in [4.78, 5) is 37.0. The molecule has 3 N–H and O–H groups in total. The van der Waals surface area contributed by atoms with Crippen LogP contribution in [-0.2, 0) is 9.59 Å². The second-order valence-electron chi connectivity index (χ2n) is 5.11. The Labute approximate surface area is 117 Å². The third-order valence-corrected chi connectivity index (χ3v) is 3.44. The number of nitrogens with one attached hydrogen (secondary N) is 1. The molecule has 0 aromatic rings. The van der Waals surface area contributed by atoms with E-state index in [9.17, 15) is 14.4 Å². The smallest absolute Gasteiger partial charge is 0.326 e. The summed E-state index contributed by atoms with van der Waals surface area (Å²) in [6, 6.07) is -1.96. The van der Waals surface area contributed by atoms with E-state index in [2.05, 4.69) is 10.2 Å². The Morgan fingerprint density at radius 3 is 2.55 bits per heavy atom. The van der Waals surface area contributed by atoms with Crippen LogP contribution in [0.25, 0.3) is 0 Å². The van der Waals surface area contributed by atoms with E-state index in [-0.39, 0.29) is 6.04 Å². The standard InChI is InChI=1S/C12H21N3O5/c1-14-5-3-4-8(7-14)15(2)12(20)13-9(11(18)19)6-10(16)17/h8-9H,3-7H2,1-2H3,(H,13,20)(H,16,17)(H,18,19)/t8?,9-/m1/s1. The first-order valence-electron chi connectivity index (χ1n) is 6.47. The zero-order valence-corrected chi connectivity index (χ0v) is 11.7. The molecule has 1 rings (SSSR count). The summed E-state index contributed by atoms with van der Waals surface area (Å²) in [5.41, 5.74) is 0. The summed E-state index contributed by atoms with van der Waals surface area (Å²) >= 11 is 0. The molecule has 8 nitrogen and oxygen atoms in total. The number of amides is 2. The first-order chi connectivity index (χ1) is 9.31. The van der Waals surface area contributed by atoms with Crippen LogP contribution in [0.3, 0.4) is 0 Å². The van der Waals surface area contributed by atoms with Crippen molar-refractivity contribution in [3.8, 4) is 0 Å². The van der Waals surface area contributed by atoms with Crippen molar-refractivity contribution in [1.82, 2.24) is 15.1 Å². The quantitative estimate of drug-likeness (QED) is 0.637. The zero-order chi connectivity index (χ0) is 15.3. The van der Waals surface area contributed by atoms with Gasteiger partial charge in [-0.1, -0.05) is 0 Å². The highest BCUT2D eigenvalue weighted by atomic mass is 16.4. The Hall–Kier alpha value is -1.83. The minimum Gasteiger partial charge on any atom is -0.481 e. The van der Waals surface area contributed by atoms with Crippen LogP contribution in [0.5, 0.6) is 0 Å². The Morgan fingerprint density at radius 1 is 1.40 bits per heavy atom. The van der Waals surface area contributed by atoms with E-state index in [1.54, 1.807) is 7.05 Å². The van der Waals surface area contributed by atoms with Gasteiger partial charge in [0.15, 0.2) is 0 Å². The Balaban J connectivity index is 2.58. The lowest BCUT2D eigenvalue weighted by Gasteiger charge is -2.36. The van der Waals surface area contributed by atoms with E-state index in [0.717, 1.165) is 25.9 Å². The second-order valence-corrected chi connectivity index (χ2v) is 5.11. The number of likely N-dealkylation sites (N-methyl/N-ethyl adjacent to an activating group) is 2. The topological polar surface area (TPSA) is 110 Å². The second kappa shape index (κ2) is 7.09. The van der Waals surface area contributed by atoms with Gasteiger partial charge in [-0.25, -0.2) is 9.59 Å². The predicted octanol–water partition coefficient (Wildman–Crippen LogP) is -0.350. The van der Waals surface area contributed by atoms with E-state index in [0.29, 0.717) is 0 Å². The van der Waals surface area contributed by atoms with Crippen LogP contribution >= 0.6 is 0 Å². The van der Waals surface area contributed by atoms with Gasteiger partial charge in [0.2, 0.25) is 0 Å². The Morgan fingerprint density at radius 2 is 2.05 bits per heavy atom. The summed E-state index contributed by atoms with van der Waals surface area (Å²) in [6.45, 7) is 1.70. The van der Waals surface area contributed by atoms with Crippen molar-refractivity contribution >= 4 is 18.0 Å². The fourth-order valence-electron chi connectivity index (χ4n) is 2.25. The molecule has 20 heavy (non-hydrogen) atoms. The predicted molar refractivity (Wildman–Crippen MR) is 70.5 cm³/mol. The number of carboxylic acids is 2. The molecule has 1 fully saturated rings. The number of urea groups is 1. The van der Waals surface area contributed by atoms with E-state index >= 15 is 0 Å². The van der Waals surface area contributed by atoms with Gasteiger partial charge in [0.1, 0.15) is 6.04 Å². The minimum absolute atomic E-state index is 0.00743. The molecule has 8 heteroatoms. The molecule has 1 aliphatic rings. The first kappa shape index (κ1) is 16.2. The Kier molecular flexibility index (Phi) is 5.75. The van der Waals surface area contributed by atoms with Crippen molar-refractivity contribution in [1.29, 1.82) is 0 Å². The van der Waals surface area contributed by atoms with E-state index in [4.69, 9.17) is 10.2 Å². The molecule has 2 atom stereocenters. The number of carboxylic acid groups (broad SMARTS) is 2. The van der Waals surface area contributed by atoms with E-state index in [1.807, 2.05) is 7.05 Å². The molecule has 114 valence electrons. The molecule has 1 saturated heterocycles. The number of carbonyl (C=O) groups is 3. The summed E-state index contributed by atoms with van der Waals surface area (Å²) in [6.07, 6.45) is 1.18. The summed E-state index contributed by atoms with van der Waals surface area (Å²) < 4.78 is 0. The van der Waals surface area contributed by atoms with Crippen LogP contribution in [0.2, 0.25) is 0 Å². The number of hydrogen-bond acceptors (Lipinski definition) is 4. The van der Waals surface area contributed by atoms with Gasteiger partial charge < -0.3 is 25.3 Å². The lowest BCUT2D eigenvalue weighted by Crippen LogP contribution is -2.53. The molecule has 0 aliphatic carbocycles. The Bertz CT molecular complexity index is 387. The van der Waals surface area contributed by atoms with Crippen LogP contribution in [-0.4, -0.2) is 77.3 Å². The third-order valence-electron chi connectivity index (χ3n) is 3.44. The molecular formula is C12H21N3O5. The molecule has 1 heterocycles. The number of rotatable bonds is 5. The van der Waals surface area contributed by atoms with Crippen LogP contribution in [0.15, 0.2) is 0 Å². The van der Waals surface area contributed by atoms with Gasteiger partial charge in [0, 0.05) is 19.6 Å². The zero-order valence-electron chi connectivity index (χ0n) is 11.7. The highest BCUT2D eigenvalue weighted by molar-refractivity contribution is 5.86. The maximum Gasteiger partial charge on any atom is 0.326 e. The normalized spacial score (nSPS) is 21.0. The molecule has 0 bridgehead atoms. The molecule has 1 aliphatic heterocycles. The number of nitrogens with zero attached hydrogens (tertiary/aromatic N) is 2. The van der Waals surface area contributed by atoms with Crippen molar-refractivity contribution in [2.75, 3.05) is 27.2 Å². The number of piperidine rings is 1. The third kappa shape index (κ3) is 4.69. The van der Waals surface area contributed by atoms with Gasteiger partial charge in [-0.2, -0.15) is 0 Å². The fourth-order valence-corrected chi connectivity index (χ4v) is 2.25. The summed E-state index contributed by atoms with van der Waals surface area (Å²) in [5, 5.41) is 19.8. The molecule has 0 aromatic carbocycles. The van der Waals surface area contributed by atoms with Crippen molar-refractivity contribution in [2.45, 2.75) is 31.3 Å². The van der Waals surface area contributed by atoms with Gasteiger partial charge in [0.25, 0.3) is 0 Å². The van der Waals surface area contributed by atoms with Gasteiger partial charge in [-0.05, 0) is 26.4 Å².